The lowest BCUT2D eigenvalue weighted by atomic mass is 10.1. The second-order valence-electron chi connectivity index (χ2n) is 6.10. The second kappa shape index (κ2) is 9.05. The van der Waals surface area contributed by atoms with Crippen molar-refractivity contribution in [1.82, 2.24) is 15.3 Å². The molecule has 2 aromatic rings. The topological polar surface area (TPSA) is 128 Å². The fraction of sp³-hybridized carbons (Fsp3) is 0.294. The van der Waals surface area contributed by atoms with Crippen molar-refractivity contribution < 1.29 is 19.2 Å². The number of nitro groups is 1. The van der Waals surface area contributed by atoms with Gasteiger partial charge in [0.05, 0.1) is 16.7 Å². The third-order valence-corrected chi connectivity index (χ3v) is 5.37. The van der Waals surface area contributed by atoms with Gasteiger partial charge in [0.2, 0.25) is 16.9 Å². The van der Waals surface area contributed by atoms with Gasteiger partial charge in [-0.15, -0.1) is 0 Å². The quantitative estimate of drug-likeness (QED) is 0.376. The van der Waals surface area contributed by atoms with Crippen LogP contribution in [0, 0.1) is 10.1 Å². The van der Waals surface area contributed by atoms with E-state index in [1.54, 1.807) is 24.1 Å². The summed E-state index contributed by atoms with van der Waals surface area (Å²) >= 11 is 6.78. The van der Waals surface area contributed by atoms with E-state index < -0.39 is 10.2 Å². The molecule has 0 radical (unpaired) electrons. The van der Waals surface area contributed by atoms with Crippen molar-refractivity contribution >= 4 is 46.0 Å². The Morgan fingerprint density at radius 2 is 2.03 bits per heavy atom. The van der Waals surface area contributed by atoms with Gasteiger partial charge in [0, 0.05) is 7.05 Å². The molecule has 10 nitrogen and oxygen atoms in total. The molecule has 152 valence electrons. The zero-order valence-electron chi connectivity index (χ0n) is 15.2. The van der Waals surface area contributed by atoms with Crippen molar-refractivity contribution in [2.24, 2.45) is 0 Å². The van der Waals surface area contributed by atoms with Crippen LogP contribution in [0.3, 0.4) is 0 Å². The third kappa shape index (κ3) is 5.12. The maximum absolute atomic E-state index is 11.6. The number of halogens is 1. The van der Waals surface area contributed by atoms with Crippen LogP contribution in [0.25, 0.3) is 0 Å². The van der Waals surface area contributed by atoms with Crippen molar-refractivity contribution in [2.45, 2.75) is 11.7 Å². The van der Waals surface area contributed by atoms with E-state index in [-0.39, 0.29) is 34.4 Å². The zero-order valence-corrected chi connectivity index (χ0v) is 16.8. The smallest absolute Gasteiger partial charge is 0.348 e. The van der Waals surface area contributed by atoms with E-state index in [1.165, 1.54) is 0 Å². The molecule has 1 aliphatic rings. The molecule has 0 spiro atoms. The van der Waals surface area contributed by atoms with E-state index in [4.69, 9.17) is 16.3 Å². The standard InChI is InChI=1S/C17H16ClN5O5S/c1-22(15-13(23(26)27)14(18)19-9-20-15)6-7-28-11-4-2-10(3-5-11)8-12-16(24)21-17(25)29-12/h2-5,9,12H,6-8H2,1H3,(H,21,24,25). The van der Waals surface area contributed by atoms with E-state index in [0.29, 0.717) is 18.7 Å². The summed E-state index contributed by atoms with van der Waals surface area (Å²) in [6.07, 6.45) is 1.61. The van der Waals surface area contributed by atoms with Crippen LogP contribution in [0.5, 0.6) is 5.75 Å². The summed E-state index contributed by atoms with van der Waals surface area (Å²) in [6, 6.07) is 7.17. The first kappa shape index (κ1) is 20.8. The van der Waals surface area contributed by atoms with Crippen LogP contribution < -0.4 is 15.0 Å². The molecular weight excluding hydrogens is 422 g/mol. The van der Waals surface area contributed by atoms with Crippen LogP contribution in [0.2, 0.25) is 5.15 Å². The number of thioether (sulfide) groups is 1. The summed E-state index contributed by atoms with van der Waals surface area (Å²) in [5.41, 5.74) is 0.552. The highest BCUT2D eigenvalue weighted by Gasteiger charge is 2.31. The zero-order chi connectivity index (χ0) is 21.0. The first-order valence-corrected chi connectivity index (χ1v) is 9.70. The maximum Gasteiger partial charge on any atom is 0.348 e. The van der Waals surface area contributed by atoms with Gasteiger partial charge < -0.3 is 9.64 Å². The van der Waals surface area contributed by atoms with E-state index in [9.17, 15) is 19.7 Å². The molecule has 1 N–H and O–H groups in total. The molecule has 0 bridgehead atoms. The molecule has 1 fully saturated rings. The monoisotopic (exact) mass is 437 g/mol. The minimum absolute atomic E-state index is 0.107. The molecule has 0 aliphatic carbocycles. The molecular formula is C17H16ClN5O5S. The number of anilines is 1. The van der Waals surface area contributed by atoms with E-state index in [1.807, 2.05) is 12.1 Å². The summed E-state index contributed by atoms with van der Waals surface area (Å²) < 4.78 is 5.67. The van der Waals surface area contributed by atoms with Crippen molar-refractivity contribution in [2.75, 3.05) is 25.1 Å². The van der Waals surface area contributed by atoms with Gasteiger partial charge in [0.1, 0.15) is 18.7 Å². The van der Waals surface area contributed by atoms with Gasteiger partial charge in [0.15, 0.2) is 0 Å². The van der Waals surface area contributed by atoms with Crippen molar-refractivity contribution in [3.05, 3.63) is 51.4 Å². The summed E-state index contributed by atoms with van der Waals surface area (Å²) in [6.45, 7) is 0.584. The molecule has 1 aromatic carbocycles. The summed E-state index contributed by atoms with van der Waals surface area (Å²) in [5.74, 6) is 0.440. The molecule has 1 aromatic heterocycles. The number of carbonyl (C=O) groups is 2. The molecule has 2 amide bonds. The Kier molecular flexibility index (Phi) is 6.49. The van der Waals surface area contributed by atoms with Crippen LogP contribution in [-0.4, -0.2) is 51.5 Å². The van der Waals surface area contributed by atoms with E-state index >= 15 is 0 Å². The number of aromatic nitrogens is 2. The lowest BCUT2D eigenvalue weighted by Gasteiger charge is -2.18. The number of imide groups is 1. The number of carbonyl (C=O) groups excluding carboxylic acids is 2. The van der Waals surface area contributed by atoms with Gasteiger partial charge in [-0.3, -0.25) is 25.0 Å². The normalized spacial score (nSPS) is 15.9. The van der Waals surface area contributed by atoms with Gasteiger partial charge in [-0.1, -0.05) is 35.5 Å². The molecule has 3 rings (SSSR count). The Morgan fingerprint density at radius 1 is 1.31 bits per heavy atom. The van der Waals surface area contributed by atoms with Crippen LogP contribution in [0.15, 0.2) is 30.6 Å². The Morgan fingerprint density at radius 3 is 2.66 bits per heavy atom. The highest BCUT2D eigenvalue weighted by atomic mass is 35.5. The van der Waals surface area contributed by atoms with Crippen molar-refractivity contribution in [1.29, 1.82) is 0 Å². The number of amides is 2. The fourth-order valence-electron chi connectivity index (χ4n) is 2.65. The molecule has 1 atom stereocenters. The lowest BCUT2D eigenvalue weighted by Crippen LogP contribution is -2.25. The molecule has 2 heterocycles. The number of likely N-dealkylation sites (N-methyl/N-ethyl adjacent to an activating group) is 1. The molecule has 1 saturated heterocycles. The minimum Gasteiger partial charge on any atom is -0.492 e. The number of hydrogen-bond donors (Lipinski definition) is 1. The van der Waals surface area contributed by atoms with Gasteiger partial charge >= 0.3 is 5.69 Å². The average Bonchev–Trinajstić information content (AvgIpc) is 2.99. The Hall–Kier alpha value is -2.92. The van der Waals surface area contributed by atoms with Gasteiger partial charge in [-0.05, 0) is 24.1 Å². The second-order valence-corrected chi connectivity index (χ2v) is 7.63. The van der Waals surface area contributed by atoms with Gasteiger partial charge in [-0.25, -0.2) is 9.97 Å². The first-order chi connectivity index (χ1) is 13.8. The predicted molar refractivity (Wildman–Crippen MR) is 108 cm³/mol. The maximum atomic E-state index is 11.6. The predicted octanol–water partition coefficient (Wildman–Crippen LogP) is 2.45. The van der Waals surface area contributed by atoms with Crippen LogP contribution in [-0.2, 0) is 11.2 Å². The van der Waals surface area contributed by atoms with E-state index in [2.05, 4.69) is 15.3 Å². The van der Waals surface area contributed by atoms with Crippen LogP contribution >= 0.6 is 23.4 Å². The molecule has 1 aliphatic heterocycles. The number of ether oxygens (including phenoxy) is 1. The Labute approximate surface area is 174 Å². The van der Waals surface area contributed by atoms with Gasteiger partial charge in [-0.2, -0.15) is 0 Å². The summed E-state index contributed by atoms with van der Waals surface area (Å²) in [4.78, 5) is 42.5. The SMILES string of the molecule is CN(CCOc1ccc(CC2SC(=O)NC2=O)cc1)c1ncnc(Cl)c1[N+](=O)[O-]. The summed E-state index contributed by atoms with van der Waals surface area (Å²) in [7, 11) is 1.64. The van der Waals surface area contributed by atoms with Crippen LogP contribution in [0.4, 0.5) is 16.3 Å². The van der Waals surface area contributed by atoms with Crippen molar-refractivity contribution in [3.63, 3.8) is 0 Å². The average molecular weight is 438 g/mol. The Bertz CT molecular complexity index is 942. The Balaban J connectivity index is 1.53. The number of hydrogen-bond acceptors (Lipinski definition) is 9. The highest BCUT2D eigenvalue weighted by Crippen LogP contribution is 2.30. The van der Waals surface area contributed by atoms with Gasteiger partial charge in [0.25, 0.3) is 5.24 Å². The number of nitrogens with zero attached hydrogens (tertiary/aromatic N) is 4. The molecule has 29 heavy (non-hydrogen) atoms. The van der Waals surface area contributed by atoms with Crippen LogP contribution in [0.1, 0.15) is 5.56 Å². The fourth-order valence-corrected chi connectivity index (χ4v) is 3.71. The number of nitrogens with one attached hydrogen (secondary N) is 1. The first-order valence-electron chi connectivity index (χ1n) is 8.44. The highest BCUT2D eigenvalue weighted by molar-refractivity contribution is 8.15. The molecule has 1 unspecified atom stereocenters. The third-order valence-electron chi connectivity index (χ3n) is 4.11. The summed E-state index contributed by atoms with van der Waals surface area (Å²) in [5, 5.41) is 12.5. The van der Waals surface area contributed by atoms with Crippen molar-refractivity contribution in [3.8, 4) is 5.75 Å². The number of benzene rings is 1. The molecule has 12 heteroatoms. The largest absolute Gasteiger partial charge is 0.492 e. The lowest BCUT2D eigenvalue weighted by molar-refractivity contribution is -0.384. The van der Waals surface area contributed by atoms with E-state index in [0.717, 1.165) is 23.7 Å². The number of rotatable bonds is 8. The minimum atomic E-state index is -0.621. The molecule has 0 saturated carbocycles.